The smallest absolute Gasteiger partial charge is 0.259 e. The van der Waals surface area contributed by atoms with Gasteiger partial charge in [0.1, 0.15) is 5.69 Å². The van der Waals surface area contributed by atoms with E-state index >= 15 is 0 Å². The van der Waals surface area contributed by atoms with Gasteiger partial charge in [-0.2, -0.15) is 0 Å². The first-order valence-electron chi connectivity index (χ1n) is 6.66. The van der Waals surface area contributed by atoms with E-state index in [0.29, 0.717) is 22.4 Å². The Morgan fingerprint density at radius 2 is 1.62 bits per heavy atom. The Kier molecular flexibility index (Phi) is 2.54. The summed E-state index contributed by atoms with van der Waals surface area (Å²) >= 11 is 0. The van der Waals surface area contributed by atoms with E-state index in [1.54, 1.807) is 12.3 Å². The van der Waals surface area contributed by atoms with Crippen molar-refractivity contribution in [2.45, 2.75) is 0 Å². The fraction of sp³-hybridized carbons (Fsp3) is 0. The molecule has 0 atom stereocenters. The number of para-hydroxylation sites is 1. The molecule has 2 heterocycles. The van der Waals surface area contributed by atoms with Crippen molar-refractivity contribution < 1.29 is 0 Å². The minimum atomic E-state index is -0.148. The van der Waals surface area contributed by atoms with E-state index < -0.39 is 0 Å². The standard InChI is InChI=1S/C17H11N3O/c21-17-13-7-3-4-8-14(13)19-16(20-17)15-12-6-2-1-5-11(12)9-10-18-15/h1-10H,(H,19,20,21). The molecule has 0 bridgehead atoms. The Balaban J connectivity index is 2.07. The van der Waals surface area contributed by atoms with E-state index in [-0.39, 0.29) is 5.56 Å². The number of H-pyrrole nitrogens is 1. The van der Waals surface area contributed by atoms with Crippen molar-refractivity contribution in [3.05, 3.63) is 71.1 Å². The third-order valence-electron chi connectivity index (χ3n) is 3.51. The molecule has 0 fully saturated rings. The maximum atomic E-state index is 12.2. The summed E-state index contributed by atoms with van der Waals surface area (Å²) < 4.78 is 0. The molecule has 21 heavy (non-hydrogen) atoms. The molecule has 0 aliphatic rings. The van der Waals surface area contributed by atoms with Crippen molar-refractivity contribution in [3.63, 3.8) is 0 Å². The van der Waals surface area contributed by atoms with Gasteiger partial charge in [-0.05, 0) is 23.6 Å². The number of hydrogen-bond donors (Lipinski definition) is 1. The van der Waals surface area contributed by atoms with Gasteiger partial charge in [0.15, 0.2) is 5.82 Å². The van der Waals surface area contributed by atoms with Crippen LogP contribution in [0.1, 0.15) is 0 Å². The van der Waals surface area contributed by atoms with Gasteiger partial charge in [-0.3, -0.25) is 9.78 Å². The fourth-order valence-electron chi connectivity index (χ4n) is 2.51. The van der Waals surface area contributed by atoms with Crippen LogP contribution < -0.4 is 5.56 Å². The Bertz CT molecular complexity index is 1020. The van der Waals surface area contributed by atoms with Crippen LogP contribution in [0.3, 0.4) is 0 Å². The molecule has 4 rings (SSSR count). The van der Waals surface area contributed by atoms with Crippen LogP contribution in [0.5, 0.6) is 0 Å². The van der Waals surface area contributed by atoms with Gasteiger partial charge in [0.05, 0.1) is 10.9 Å². The van der Waals surface area contributed by atoms with Gasteiger partial charge < -0.3 is 4.98 Å². The quantitative estimate of drug-likeness (QED) is 0.579. The van der Waals surface area contributed by atoms with Gasteiger partial charge >= 0.3 is 0 Å². The summed E-state index contributed by atoms with van der Waals surface area (Å²) in [6.07, 6.45) is 1.73. The molecule has 1 N–H and O–H groups in total. The Morgan fingerprint density at radius 3 is 2.52 bits per heavy atom. The van der Waals surface area contributed by atoms with Crippen LogP contribution in [0.25, 0.3) is 33.2 Å². The molecule has 0 unspecified atom stereocenters. The monoisotopic (exact) mass is 273 g/mol. The molecule has 0 saturated carbocycles. The molecule has 4 nitrogen and oxygen atoms in total. The second-order valence-corrected chi connectivity index (χ2v) is 4.81. The van der Waals surface area contributed by atoms with Crippen LogP contribution in [0.2, 0.25) is 0 Å². The normalized spacial score (nSPS) is 11.0. The van der Waals surface area contributed by atoms with E-state index in [0.717, 1.165) is 10.8 Å². The van der Waals surface area contributed by atoms with Crippen LogP contribution in [-0.4, -0.2) is 15.0 Å². The minimum absolute atomic E-state index is 0.148. The molecule has 4 heteroatoms. The average Bonchev–Trinajstić information content (AvgIpc) is 2.54. The van der Waals surface area contributed by atoms with Crippen molar-refractivity contribution in [2.24, 2.45) is 0 Å². The molecular weight excluding hydrogens is 262 g/mol. The highest BCUT2D eigenvalue weighted by molar-refractivity contribution is 5.93. The minimum Gasteiger partial charge on any atom is -0.305 e. The number of pyridine rings is 1. The first kappa shape index (κ1) is 11.8. The summed E-state index contributed by atoms with van der Waals surface area (Å²) in [5.41, 5.74) is 1.22. The number of nitrogens with one attached hydrogen (secondary N) is 1. The Morgan fingerprint density at radius 1 is 0.857 bits per heavy atom. The first-order chi connectivity index (χ1) is 10.3. The molecule has 0 aliphatic heterocycles. The highest BCUT2D eigenvalue weighted by Gasteiger charge is 2.09. The lowest BCUT2D eigenvalue weighted by atomic mass is 10.1. The highest BCUT2D eigenvalue weighted by Crippen LogP contribution is 2.23. The van der Waals surface area contributed by atoms with Gasteiger partial charge in [-0.25, -0.2) is 4.98 Å². The maximum absolute atomic E-state index is 12.2. The molecule has 2 aromatic heterocycles. The zero-order chi connectivity index (χ0) is 14.2. The van der Waals surface area contributed by atoms with Crippen molar-refractivity contribution in [3.8, 4) is 11.5 Å². The number of fused-ring (bicyclic) bond motifs is 2. The van der Waals surface area contributed by atoms with Crippen molar-refractivity contribution in [1.82, 2.24) is 15.0 Å². The lowest BCUT2D eigenvalue weighted by Crippen LogP contribution is -2.10. The third-order valence-corrected chi connectivity index (χ3v) is 3.51. The number of hydrogen-bond acceptors (Lipinski definition) is 3. The SMILES string of the molecule is O=c1[nH]c(-c2nccc3ccccc23)nc2ccccc12. The third kappa shape index (κ3) is 1.89. The van der Waals surface area contributed by atoms with Gasteiger partial charge in [-0.15, -0.1) is 0 Å². The largest absolute Gasteiger partial charge is 0.305 e. The van der Waals surface area contributed by atoms with Crippen LogP contribution in [0.4, 0.5) is 0 Å². The fourth-order valence-corrected chi connectivity index (χ4v) is 2.51. The predicted octanol–water partition coefficient (Wildman–Crippen LogP) is 3.14. The molecule has 2 aromatic carbocycles. The molecule has 0 aliphatic carbocycles. The summed E-state index contributed by atoms with van der Waals surface area (Å²) in [6.45, 7) is 0. The van der Waals surface area contributed by atoms with Gasteiger partial charge in [0, 0.05) is 11.6 Å². The predicted molar refractivity (Wildman–Crippen MR) is 83.1 cm³/mol. The number of rotatable bonds is 1. The summed E-state index contributed by atoms with van der Waals surface area (Å²) in [7, 11) is 0. The van der Waals surface area contributed by atoms with E-state index in [9.17, 15) is 4.79 Å². The first-order valence-corrected chi connectivity index (χ1v) is 6.66. The van der Waals surface area contributed by atoms with E-state index in [4.69, 9.17) is 0 Å². The van der Waals surface area contributed by atoms with Crippen LogP contribution in [-0.2, 0) is 0 Å². The summed E-state index contributed by atoms with van der Waals surface area (Å²) in [6, 6.07) is 17.2. The topological polar surface area (TPSA) is 58.6 Å². The van der Waals surface area contributed by atoms with Crippen LogP contribution in [0, 0.1) is 0 Å². The molecule has 0 saturated heterocycles. The summed E-state index contributed by atoms with van der Waals surface area (Å²) in [5.74, 6) is 0.496. The molecule has 0 radical (unpaired) electrons. The molecule has 0 amide bonds. The Labute approximate surface area is 120 Å². The van der Waals surface area contributed by atoms with E-state index in [1.165, 1.54) is 0 Å². The highest BCUT2D eigenvalue weighted by atomic mass is 16.1. The van der Waals surface area contributed by atoms with Crippen molar-refractivity contribution >= 4 is 21.7 Å². The molecule has 4 aromatic rings. The molecule has 0 spiro atoms. The lowest BCUT2D eigenvalue weighted by molar-refractivity contribution is 1.15. The second-order valence-electron chi connectivity index (χ2n) is 4.81. The molecular formula is C17H11N3O. The van der Waals surface area contributed by atoms with Gasteiger partial charge in [0.2, 0.25) is 0 Å². The number of benzene rings is 2. The lowest BCUT2D eigenvalue weighted by Gasteiger charge is -2.05. The van der Waals surface area contributed by atoms with Crippen molar-refractivity contribution in [2.75, 3.05) is 0 Å². The maximum Gasteiger partial charge on any atom is 0.259 e. The number of aromatic nitrogens is 3. The van der Waals surface area contributed by atoms with E-state index in [1.807, 2.05) is 48.5 Å². The average molecular weight is 273 g/mol. The van der Waals surface area contributed by atoms with Gasteiger partial charge in [0.25, 0.3) is 5.56 Å². The van der Waals surface area contributed by atoms with Gasteiger partial charge in [-0.1, -0.05) is 36.4 Å². The number of aromatic amines is 1. The summed E-state index contributed by atoms with van der Waals surface area (Å²) in [4.78, 5) is 23.9. The zero-order valence-corrected chi connectivity index (χ0v) is 11.1. The Hall–Kier alpha value is -3.01. The van der Waals surface area contributed by atoms with E-state index in [2.05, 4.69) is 15.0 Å². The van der Waals surface area contributed by atoms with Crippen molar-refractivity contribution in [1.29, 1.82) is 0 Å². The second kappa shape index (κ2) is 4.52. The van der Waals surface area contributed by atoms with Crippen LogP contribution in [0.15, 0.2) is 65.6 Å². The number of nitrogens with zero attached hydrogens (tertiary/aromatic N) is 2. The summed E-state index contributed by atoms with van der Waals surface area (Å²) in [5, 5.41) is 2.62. The molecule has 100 valence electrons. The van der Waals surface area contributed by atoms with Crippen LogP contribution >= 0.6 is 0 Å². The zero-order valence-electron chi connectivity index (χ0n) is 11.1.